The molecule has 2 aliphatic carbocycles. The van der Waals surface area contributed by atoms with Gasteiger partial charge in [-0.3, -0.25) is 4.79 Å². The molecule has 12 heavy (non-hydrogen) atoms. The van der Waals surface area contributed by atoms with Gasteiger partial charge in [-0.25, -0.2) is 0 Å². The lowest BCUT2D eigenvalue weighted by Gasteiger charge is -2.39. The van der Waals surface area contributed by atoms with E-state index >= 15 is 0 Å². The van der Waals surface area contributed by atoms with Crippen molar-refractivity contribution in [2.24, 2.45) is 17.8 Å². The zero-order chi connectivity index (χ0) is 8.29. The number of methoxy groups -OCH3 is 1. The van der Waals surface area contributed by atoms with Crippen molar-refractivity contribution in [1.82, 2.24) is 0 Å². The van der Waals surface area contributed by atoms with Crippen LogP contribution in [-0.4, -0.2) is 25.3 Å². The van der Waals surface area contributed by atoms with Crippen LogP contribution in [0.2, 0.25) is 0 Å². The van der Waals surface area contributed by atoms with Crippen molar-refractivity contribution in [2.45, 2.75) is 25.0 Å². The quantitative estimate of drug-likeness (QED) is 0.537. The van der Waals surface area contributed by atoms with Crippen LogP contribution < -0.4 is 0 Å². The van der Waals surface area contributed by atoms with Crippen LogP contribution in [0.25, 0.3) is 0 Å². The number of fused-ring (bicyclic) bond motifs is 1. The Hall–Kier alpha value is -0.570. The van der Waals surface area contributed by atoms with Crippen molar-refractivity contribution < 1.29 is 14.3 Å². The molecule has 5 unspecified atom stereocenters. The van der Waals surface area contributed by atoms with Crippen molar-refractivity contribution in [2.75, 3.05) is 7.11 Å². The predicted octanol–water partition coefficient (Wildman–Crippen LogP) is 0.583. The molecule has 0 amide bonds. The Labute approximate surface area is 71.0 Å². The van der Waals surface area contributed by atoms with Crippen LogP contribution in [0.3, 0.4) is 0 Å². The molecule has 0 spiro atoms. The molecule has 2 aliphatic heterocycles. The van der Waals surface area contributed by atoms with Gasteiger partial charge in [-0.2, -0.15) is 0 Å². The maximum atomic E-state index is 11.3. The number of rotatable bonds is 1. The van der Waals surface area contributed by atoms with Crippen LogP contribution >= 0.6 is 0 Å². The molecule has 4 bridgehead atoms. The SMILES string of the molecule is COC1C2CC3CC2C(=O)OC31. The third-order valence-corrected chi connectivity index (χ3v) is 3.69. The highest BCUT2D eigenvalue weighted by Crippen LogP contribution is 2.55. The minimum atomic E-state index is 0.0204. The van der Waals surface area contributed by atoms with Crippen LogP contribution in [0, 0.1) is 17.8 Å². The van der Waals surface area contributed by atoms with E-state index in [0.717, 1.165) is 12.8 Å². The number of ether oxygens (including phenoxy) is 2. The first-order chi connectivity index (χ1) is 5.81. The first-order valence-electron chi connectivity index (χ1n) is 4.54. The summed E-state index contributed by atoms with van der Waals surface area (Å²) in [6, 6.07) is 0. The summed E-state index contributed by atoms with van der Waals surface area (Å²) in [6.07, 6.45) is 2.47. The Kier molecular flexibility index (Phi) is 1.16. The molecule has 3 heteroatoms. The van der Waals surface area contributed by atoms with Crippen LogP contribution in [0.4, 0.5) is 0 Å². The zero-order valence-corrected chi connectivity index (χ0v) is 7.03. The van der Waals surface area contributed by atoms with E-state index in [4.69, 9.17) is 9.47 Å². The minimum absolute atomic E-state index is 0.0204. The molecule has 2 heterocycles. The van der Waals surface area contributed by atoms with Gasteiger partial charge in [0.1, 0.15) is 6.10 Å². The summed E-state index contributed by atoms with van der Waals surface area (Å²) in [6.45, 7) is 0. The maximum absolute atomic E-state index is 11.3. The van der Waals surface area contributed by atoms with Crippen molar-refractivity contribution in [3.05, 3.63) is 0 Å². The summed E-state index contributed by atoms with van der Waals surface area (Å²) in [7, 11) is 1.72. The smallest absolute Gasteiger partial charge is 0.309 e. The summed E-state index contributed by atoms with van der Waals surface area (Å²) in [5.74, 6) is 1.24. The van der Waals surface area contributed by atoms with E-state index in [2.05, 4.69) is 0 Å². The lowest BCUT2D eigenvalue weighted by molar-refractivity contribution is -0.188. The number of carbonyl (C=O) groups is 1. The van der Waals surface area contributed by atoms with E-state index in [9.17, 15) is 4.79 Å². The maximum Gasteiger partial charge on any atom is 0.309 e. The average molecular weight is 168 g/mol. The Morgan fingerprint density at radius 2 is 2.33 bits per heavy atom. The standard InChI is InChI=1S/C9H12O3/c1-11-8-5-2-4-3-6(5)9(10)12-7(4)8/h4-8H,2-3H2,1H3. The second-order valence-electron chi connectivity index (χ2n) is 4.10. The molecule has 66 valence electrons. The van der Waals surface area contributed by atoms with Gasteiger partial charge in [0.15, 0.2) is 0 Å². The highest BCUT2D eigenvalue weighted by Gasteiger charge is 2.61. The van der Waals surface area contributed by atoms with E-state index in [1.54, 1.807) is 7.11 Å². The summed E-state index contributed by atoms with van der Waals surface area (Å²) in [5.41, 5.74) is 0. The van der Waals surface area contributed by atoms with E-state index < -0.39 is 0 Å². The molecule has 2 saturated heterocycles. The highest BCUT2D eigenvalue weighted by molar-refractivity contribution is 5.76. The molecule has 0 aromatic heterocycles. The minimum Gasteiger partial charge on any atom is -0.459 e. The summed E-state index contributed by atoms with van der Waals surface area (Å²) in [5, 5.41) is 0. The largest absolute Gasteiger partial charge is 0.459 e. The predicted molar refractivity (Wildman–Crippen MR) is 40.4 cm³/mol. The van der Waals surface area contributed by atoms with Crippen molar-refractivity contribution in [3.8, 4) is 0 Å². The van der Waals surface area contributed by atoms with Gasteiger partial charge in [-0.05, 0) is 18.8 Å². The number of esters is 1. The van der Waals surface area contributed by atoms with Crippen molar-refractivity contribution in [1.29, 1.82) is 0 Å². The molecule has 0 aromatic carbocycles. The second kappa shape index (κ2) is 2.02. The lowest BCUT2D eigenvalue weighted by atomic mass is 9.82. The first-order valence-corrected chi connectivity index (χ1v) is 4.54. The normalized spacial score (nSPS) is 54.8. The number of hydrogen-bond donors (Lipinski definition) is 0. The molecule has 4 aliphatic rings. The molecule has 3 nitrogen and oxygen atoms in total. The van der Waals surface area contributed by atoms with E-state index in [0.29, 0.717) is 11.8 Å². The summed E-state index contributed by atoms with van der Waals surface area (Å²) < 4.78 is 10.6. The fourth-order valence-electron chi connectivity index (χ4n) is 3.22. The van der Waals surface area contributed by atoms with Crippen LogP contribution in [-0.2, 0) is 14.3 Å². The van der Waals surface area contributed by atoms with E-state index in [1.165, 1.54) is 0 Å². The first kappa shape index (κ1) is 6.89. The van der Waals surface area contributed by atoms with E-state index in [1.807, 2.05) is 0 Å². The van der Waals surface area contributed by atoms with Gasteiger partial charge in [0.25, 0.3) is 0 Å². The van der Waals surface area contributed by atoms with Crippen LogP contribution in [0.5, 0.6) is 0 Å². The van der Waals surface area contributed by atoms with Gasteiger partial charge in [-0.15, -0.1) is 0 Å². The number of hydrogen-bond acceptors (Lipinski definition) is 3. The zero-order valence-electron chi connectivity index (χ0n) is 7.03. The second-order valence-corrected chi connectivity index (χ2v) is 4.10. The van der Waals surface area contributed by atoms with E-state index in [-0.39, 0.29) is 24.1 Å². The Morgan fingerprint density at radius 1 is 1.50 bits per heavy atom. The van der Waals surface area contributed by atoms with Gasteiger partial charge in [0.2, 0.25) is 0 Å². The van der Waals surface area contributed by atoms with Crippen LogP contribution in [0.15, 0.2) is 0 Å². The fourth-order valence-corrected chi connectivity index (χ4v) is 3.22. The molecule has 0 radical (unpaired) electrons. The van der Waals surface area contributed by atoms with Crippen molar-refractivity contribution in [3.63, 3.8) is 0 Å². The van der Waals surface area contributed by atoms with Gasteiger partial charge in [0.05, 0.1) is 12.0 Å². The Balaban J connectivity index is 1.97. The third kappa shape index (κ3) is 0.600. The van der Waals surface area contributed by atoms with Gasteiger partial charge in [0, 0.05) is 13.0 Å². The Morgan fingerprint density at radius 3 is 3.00 bits per heavy atom. The molecule has 5 atom stereocenters. The monoisotopic (exact) mass is 168 g/mol. The van der Waals surface area contributed by atoms with Crippen LogP contribution in [0.1, 0.15) is 12.8 Å². The lowest BCUT2D eigenvalue weighted by Crippen LogP contribution is -2.50. The Bertz CT molecular complexity index is 236. The molecule has 0 aromatic rings. The number of carbonyl (C=O) groups excluding carboxylic acids is 1. The molecule has 4 fully saturated rings. The van der Waals surface area contributed by atoms with Crippen molar-refractivity contribution >= 4 is 5.97 Å². The van der Waals surface area contributed by atoms with Gasteiger partial charge < -0.3 is 9.47 Å². The molecule has 0 N–H and O–H groups in total. The third-order valence-electron chi connectivity index (χ3n) is 3.69. The fraction of sp³-hybridized carbons (Fsp3) is 0.889. The molecular formula is C9H12O3. The summed E-state index contributed by atoms with van der Waals surface area (Å²) >= 11 is 0. The summed E-state index contributed by atoms with van der Waals surface area (Å²) in [4.78, 5) is 11.3. The average Bonchev–Trinajstić information content (AvgIpc) is 2.57. The van der Waals surface area contributed by atoms with Gasteiger partial charge >= 0.3 is 5.97 Å². The topological polar surface area (TPSA) is 35.5 Å². The molecule has 4 rings (SSSR count). The molecular weight excluding hydrogens is 156 g/mol. The van der Waals surface area contributed by atoms with Gasteiger partial charge in [-0.1, -0.05) is 0 Å². The molecule has 2 saturated carbocycles. The highest BCUT2D eigenvalue weighted by atomic mass is 16.6.